The molecular formula is C13H15BrO3. The number of carbonyl (C=O) groups excluding carboxylic acids is 1. The van der Waals surface area contributed by atoms with E-state index in [1.54, 1.807) is 6.07 Å². The Morgan fingerprint density at radius 2 is 2.18 bits per heavy atom. The van der Waals surface area contributed by atoms with Gasteiger partial charge < -0.3 is 9.47 Å². The molecular weight excluding hydrogens is 284 g/mol. The van der Waals surface area contributed by atoms with Crippen LogP contribution in [0.3, 0.4) is 0 Å². The quantitative estimate of drug-likeness (QED) is 0.618. The average molecular weight is 299 g/mol. The summed E-state index contributed by atoms with van der Waals surface area (Å²) in [6, 6.07) is 5.38. The number of hydrogen-bond donors (Lipinski definition) is 0. The van der Waals surface area contributed by atoms with Crippen molar-refractivity contribution in [3.05, 3.63) is 35.4 Å². The molecule has 0 spiro atoms. The van der Waals surface area contributed by atoms with Gasteiger partial charge in [0.1, 0.15) is 11.3 Å². The average Bonchev–Trinajstić information content (AvgIpc) is 2.38. The van der Waals surface area contributed by atoms with E-state index in [-0.39, 0.29) is 0 Å². The Morgan fingerprint density at radius 1 is 1.41 bits per heavy atom. The molecule has 0 atom stereocenters. The van der Waals surface area contributed by atoms with E-state index >= 15 is 0 Å². The van der Waals surface area contributed by atoms with Crippen LogP contribution in [0.15, 0.2) is 24.3 Å². The predicted octanol–water partition coefficient (Wildman–Crippen LogP) is 3.28. The number of allylic oxidation sites excluding steroid dienone is 1. The first-order valence-corrected chi connectivity index (χ1v) is 6.34. The van der Waals surface area contributed by atoms with Crippen molar-refractivity contribution < 1.29 is 14.3 Å². The van der Waals surface area contributed by atoms with Crippen molar-refractivity contribution in [3.63, 3.8) is 0 Å². The molecule has 0 aromatic heterocycles. The maximum absolute atomic E-state index is 11.4. The van der Waals surface area contributed by atoms with Crippen LogP contribution in [0.2, 0.25) is 0 Å². The van der Waals surface area contributed by atoms with Gasteiger partial charge in [0.05, 0.1) is 14.2 Å². The normalized spacial score (nSPS) is 10.5. The van der Waals surface area contributed by atoms with Crippen LogP contribution in [0.5, 0.6) is 5.75 Å². The lowest BCUT2D eigenvalue weighted by atomic mass is 10.1. The lowest BCUT2D eigenvalue weighted by Gasteiger charge is -2.07. The number of ether oxygens (including phenoxy) is 2. The first kappa shape index (κ1) is 13.8. The van der Waals surface area contributed by atoms with Gasteiger partial charge >= 0.3 is 5.97 Å². The molecule has 1 aromatic carbocycles. The molecule has 0 aliphatic rings. The summed E-state index contributed by atoms with van der Waals surface area (Å²) in [7, 11) is 2.89. The SMILES string of the molecule is COC(=O)c1ccc(C=CCCBr)cc1OC. The van der Waals surface area contributed by atoms with Gasteiger partial charge in [-0.1, -0.05) is 34.1 Å². The Kier molecular flexibility index (Phi) is 5.77. The van der Waals surface area contributed by atoms with E-state index in [0.29, 0.717) is 11.3 Å². The molecule has 92 valence electrons. The second kappa shape index (κ2) is 7.12. The zero-order valence-corrected chi connectivity index (χ0v) is 11.5. The molecule has 0 aliphatic carbocycles. The first-order valence-electron chi connectivity index (χ1n) is 5.21. The molecule has 0 N–H and O–H groups in total. The van der Waals surface area contributed by atoms with Crippen molar-refractivity contribution >= 4 is 28.0 Å². The molecule has 0 heterocycles. The van der Waals surface area contributed by atoms with E-state index in [0.717, 1.165) is 17.3 Å². The zero-order valence-electron chi connectivity index (χ0n) is 9.90. The number of alkyl halides is 1. The lowest BCUT2D eigenvalue weighted by molar-refractivity contribution is 0.0597. The summed E-state index contributed by atoms with van der Waals surface area (Å²) in [6.07, 6.45) is 5.01. The molecule has 0 amide bonds. The number of hydrogen-bond acceptors (Lipinski definition) is 3. The van der Waals surface area contributed by atoms with Crippen LogP contribution >= 0.6 is 15.9 Å². The maximum atomic E-state index is 11.4. The van der Waals surface area contributed by atoms with Crippen molar-refractivity contribution in [1.29, 1.82) is 0 Å². The van der Waals surface area contributed by atoms with Gasteiger partial charge in [0.15, 0.2) is 0 Å². The molecule has 0 bridgehead atoms. The van der Waals surface area contributed by atoms with Crippen molar-refractivity contribution in [2.75, 3.05) is 19.5 Å². The third-order valence-electron chi connectivity index (χ3n) is 2.22. The van der Waals surface area contributed by atoms with Gasteiger partial charge in [0.2, 0.25) is 0 Å². The Labute approximate surface area is 110 Å². The highest BCUT2D eigenvalue weighted by Crippen LogP contribution is 2.21. The first-order chi connectivity index (χ1) is 8.22. The fourth-order valence-corrected chi connectivity index (χ4v) is 1.64. The van der Waals surface area contributed by atoms with E-state index in [9.17, 15) is 4.79 Å². The van der Waals surface area contributed by atoms with E-state index in [4.69, 9.17) is 4.74 Å². The van der Waals surface area contributed by atoms with Gasteiger partial charge in [-0.15, -0.1) is 0 Å². The van der Waals surface area contributed by atoms with Gasteiger partial charge in [0.25, 0.3) is 0 Å². The molecule has 0 saturated heterocycles. The van der Waals surface area contributed by atoms with Gasteiger partial charge in [-0.3, -0.25) is 0 Å². The largest absolute Gasteiger partial charge is 0.496 e. The van der Waals surface area contributed by atoms with Gasteiger partial charge in [-0.25, -0.2) is 4.79 Å². The third-order valence-corrected chi connectivity index (χ3v) is 2.67. The number of methoxy groups -OCH3 is 2. The van der Waals surface area contributed by atoms with Crippen LogP contribution in [-0.2, 0) is 4.74 Å². The smallest absolute Gasteiger partial charge is 0.341 e. The Hall–Kier alpha value is -1.29. The minimum atomic E-state index is -0.391. The van der Waals surface area contributed by atoms with Gasteiger partial charge in [-0.2, -0.15) is 0 Å². The predicted molar refractivity (Wildman–Crippen MR) is 71.8 cm³/mol. The van der Waals surface area contributed by atoms with Crippen molar-refractivity contribution in [2.45, 2.75) is 6.42 Å². The highest BCUT2D eigenvalue weighted by atomic mass is 79.9. The molecule has 0 aliphatic heterocycles. The van der Waals surface area contributed by atoms with Crippen LogP contribution in [0.1, 0.15) is 22.3 Å². The fraction of sp³-hybridized carbons (Fsp3) is 0.308. The van der Waals surface area contributed by atoms with Crippen LogP contribution in [0.25, 0.3) is 6.08 Å². The molecule has 4 heteroatoms. The van der Waals surface area contributed by atoms with Crippen molar-refractivity contribution in [3.8, 4) is 5.75 Å². The topological polar surface area (TPSA) is 35.5 Å². The minimum absolute atomic E-state index is 0.391. The maximum Gasteiger partial charge on any atom is 0.341 e. The summed E-state index contributed by atoms with van der Waals surface area (Å²) < 4.78 is 9.85. The molecule has 0 radical (unpaired) electrons. The second-order valence-electron chi connectivity index (χ2n) is 3.33. The third kappa shape index (κ3) is 3.89. The molecule has 0 saturated carbocycles. The number of benzene rings is 1. The number of carbonyl (C=O) groups is 1. The van der Waals surface area contributed by atoms with E-state index < -0.39 is 5.97 Å². The zero-order chi connectivity index (χ0) is 12.7. The molecule has 1 aromatic rings. The van der Waals surface area contributed by atoms with Crippen molar-refractivity contribution in [2.24, 2.45) is 0 Å². The van der Waals surface area contributed by atoms with Crippen LogP contribution in [-0.4, -0.2) is 25.5 Å². The summed E-state index contributed by atoms with van der Waals surface area (Å²) in [4.78, 5) is 11.4. The lowest BCUT2D eigenvalue weighted by Crippen LogP contribution is -2.03. The second-order valence-corrected chi connectivity index (χ2v) is 4.12. The highest BCUT2D eigenvalue weighted by Gasteiger charge is 2.12. The van der Waals surface area contributed by atoms with Crippen LogP contribution in [0, 0.1) is 0 Å². The Bertz CT molecular complexity index is 413. The van der Waals surface area contributed by atoms with E-state index in [1.165, 1.54) is 14.2 Å². The van der Waals surface area contributed by atoms with Crippen LogP contribution < -0.4 is 4.74 Å². The summed E-state index contributed by atoms with van der Waals surface area (Å²) in [6.45, 7) is 0. The summed E-state index contributed by atoms with van der Waals surface area (Å²) >= 11 is 3.35. The Balaban J connectivity index is 2.96. The molecule has 3 nitrogen and oxygen atoms in total. The van der Waals surface area contributed by atoms with Crippen molar-refractivity contribution in [1.82, 2.24) is 0 Å². The number of rotatable bonds is 5. The molecule has 1 rings (SSSR count). The van der Waals surface area contributed by atoms with Gasteiger partial charge in [-0.05, 0) is 24.1 Å². The van der Waals surface area contributed by atoms with Crippen LogP contribution in [0.4, 0.5) is 0 Å². The monoisotopic (exact) mass is 298 g/mol. The molecule has 0 unspecified atom stereocenters. The summed E-state index contributed by atoms with van der Waals surface area (Å²) in [5.74, 6) is 0.135. The fourth-order valence-electron chi connectivity index (χ4n) is 1.37. The highest BCUT2D eigenvalue weighted by molar-refractivity contribution is 9.09. The van der Waals surface area contributed by atoms with E-state index in [2.05, 4.69) is 26.7 Å². The molecule has 0 fully saturated rings. The minimum Gasteiger partial charge on any atom is -0.496 e. The molecule has 17 heavy (non-hydrogen) atoms. The van der Waals surface area contributed by atoms with Gasteiger partial charge in [0, 0.05) is 5.33 Å². The Morgan fingerprint density at radius 3 is 2.76 bits per heavy atom. The summed E-state index contributed by atoms with van der Waals surface area (Å²) in [5, 5.41) is 0.931. The number of halogens is 1. The number of esters is 1. The van der Waals surface area contributed by atoms with E-state index in [1.807, 2.05) is 18.2 Å². The summed E-state index contributed by atoms with van der Waals surface area (Å²) in [5.41, 5.74) is 1.43. The standard InChI is InChI=1S/C13H15BrO3/c1-16-12-9-10(5-3-4-8-14)6-7-11(12)13(15)17-2/h3,5-7,9H,4,8H2,1-2H3.